The molecule has 1 rings (SSSR count). The summed E-state index contributed by atoms with van der Waals surface area (Å²) in [5.74, 6) is 3.75. The van der Waals surface area contributed by atoms with Gasteiger partial charge >= 0.3 is 0 Å². The van der Waals surface area contributed by atoms with Crippen LogP contribution in [0.4, 0.5) is 0 Å². The van der Waals surface area contributed by atoms with Crippen LogP contribution in [-0.4, -0.2) is 31.5 Å². The summed E-state index contributed by atoms with van der Waals surface area (Å²) >= 11 is 0. The highest BCUT2D eigenvalue weighted by molar-refractivity contribution is 7.96. The molecule has 2 heteroatoms. The molecule has 1 heterocycles. The quantitative estimate of drug-likeness (QED) is 0.555. The van der Waals surface area contributed by atoms with Crippen molar-refractivity contribution in [2.24, 2.45) is 5.92 Å². The average molecular weight is 161 g/mol. The summed E-state index contributed by atoms with van der Waals surface area (Å²) in [5, 5.41) is 0. The van der Waals surface area contributed by atoms with Crippen LogP contribution in [0, 0.1) is 5.92 Å². The number of ether oxygens (including phenoxy) is 1. The summed E-state index contributed by atoms with van der Waals surface area (Å²) in [6.07, 6.45) is 5.17. The number of methoxy groups -OCH3 is 1. The fourth-order valence-electron chi connectivity index (χ4n) is 1.38. The molecule has 0 aromatic carbocycles. The van der Waals surface area contributed by atoms with E-state index in [4.69, 9.17) is 4.74 Å². The van der Waals surface area contributed by atoms with Gasteiger partial charge in [0.05, 0.1) is 6.26 Å². The van der Waals surface area contributed by atoms with Crippen molar-refractivity contribution in [3.05, 3.63) is 0 Å². The summed E-state index contributed by atoms with van der Waals surface area (Å²) in [7, 11) is 2.54. The lowest BCUT2D eigenvalue weighted by atomic mass is 10.0. The number of rotatable bonds is 2. The molecule has 1 nitrogen and oxygen atoms in total. The monoisotopic (exact) mass is 161 g/mol. The van der Waals surface area contributed by atoms with E-state index >= 15 is 0 Å². The van der Waals surface area contributed by atoms with Crippen molar-refractivity contribution in [1.29, 1.82) is 0 Å². The molecule has 0 N–H and O–H groups in total. The maximum atomic E-state index is 5.12. The summed E-state index contributed by atoms with van der Waals surface area (Å²) in [6, 6.07) is 0. The SMILES string of the molecule is COCC1CC[S+](C)CC1. The first-order valence-electron chi connectivity index (χ1n) is 3.91. The van der Waals surface area contributed by atoms with E-state index in [-0.39, 0.29) is 0 Å². The van der Waals surface area contributed by atoms with E-state index in [1.54, 1.807) is 7.11 Å². The summed E-state index contributed by atoms with van der Waals surface area (Å²) in [4.78, 5) is 0. The van der Waals surface area contributed by atoms with Gasteiger partial charge in [-0.3, -0.25) is 0 Å². The first kappa shape index (κ1) is 8.41. The zero-order valence-electron chi connectivity index (χ0n) is 6.93. The summed E-state index contributed by atoms with van der Waals surface area (Å²) in [6.45, 7) is 0.983. The van der Waals surface area contributed by atoms with Gasteiger partial charge in [-0.1, -0.05) is 0 Å². The van der Waals surface area contributed by atoms with Gasteiger partial charge in [0.15, 0.2) is 0 Å². The van der Waals surface area contributed by atoms with Gasteiger partial charge in [0.1, 0.15) is 11.5 Å². The Kier molecular flexibility index (Phi) is 3.57. The Morgan fingerprint density at radius 1 is 1.40 bits per heavy atom. The zero-order chi connectivity index (χ0) is 7.40. The third-order valence-corrected chi connectivity index (χ3v) is 4.02. The molecule has 60 valence electrons. The minimum absolute atomic E-state index is 0.730. The van der Waals surface area contributed by atoms with Gasteiger partial charge in [0.25, 0.3) is 0 Å². The van der Waals surface area contributed by atoms with Crippen molar-refractivity contribution in [2.45, 2.75) is 12.8 Å². The van der Waals surface area contributed by atoms with Crippen molar-refractivity contribution in [2.75, 3.05) is 31.5 Å². The van der Waals surface area contributed by atoms with E-state index < -0.39 is 0 Å². The Labute approximate surface area is 66.5 Å². The number of hydrogen-bond acceptors (Lipinski definition) is 1. The molecule has 0 radical (unpaired) electrons. The highest BCUT2D eigenvalue weighted by atomic mass is 32.2. The maximum absolute atomic E-state index is 5.12. The van der Waals surface area contributed by atoms with E-state index in [1.807, 2.05) is 0 Å². The van der Waals surface area contributed by atoms with Gasteiger partial charge in [-0.2, -0.15) is 0 Å². The van der Waals surface area contributed by atoms with E-state index in [0.29, 0.717) is 0 Å². The van der Waals surface area contributed by atoms with Crippen molar-refractivity contribution in [1.82, 2.24) is 0 Å². The smallest absolute Gasteiger partial charge is 0.108 e. The lowest BCUT2D eigenvalue weighted by Gasteiger charge is -2.19. The molecule has 1 aliphatic heterocycles. The van der Waals surface area contributed by atoms with Crippen molar-refractivity contribution >= 4 is 10.9 Å². The Hall–Kier alpha value is 0.310. The van der Waals surface area contributed by atoms with Crippen LogP contribution in [0.25, 0.3) is 0 Å². The van der Waals surface area contributed by atoms with Crippen molar-refractivity contribution in [3.63, 3.8) is 0 Å². The Bertz CT molecular complexity index is 87.3. The van der Waals surface area contributed by atoms with Crippen LogP contribution >= 0.6 is 0 Å². The fourth-order valence-corrected chi connectivity index (χ4v) is 3.06. The molecule has 0 saturated carbocycles. The lowest BCUT2D eigenvalue weighted by molar-refractivity contribution is 0.148. The first-order chi connectivity index (χ1) is 4.83. The van der Waals surface area contributed by atoms with Gasteiger partial charge < -0.3 is 4.74 Å². The molecule has 0 bridgehead atoms. The van der Waals surface area contributed by atoms with Gasteiger partial charge in [0.2, 0.25) is 0 Å². The maximum Gasteiger partial charge on any atom is 0.108 e. The van der Waals surface area contributed by atoms with E-state index in [0.717, 1.165) is 23.4 Å². The minimum Gasteiger partial charge on any atom is -0.384 e. The van der Waals surface area contributed by atoms with Gasteiger partial charge in [0, 0.05) is 13.7 Å². The highest BCUT2D eigenvalue weighted by Crippen LogP contribution is 2.18. The van der Waals surface area contributed by atoms with Crippen LogP contribution in [0.5, 0.6) is 0 Å². The minimum atomic E-state index is 0.730. The van der Waals surface area contributed by atoms with Crippen molar-refractivity contribution < 1.29 is 4.74 Å². The molecule has 1 saturated heterocycles. The third kappa shape index (κ3) is 2.51. The van der Waals surface area contributed by atoms with Gasteiger partial charge in [-0.25, -0.2) is 0 Å². The molecule has 0 unspecified atom stereocenters. The van der Waals surface area contributed by atoms with Crippen LogP contribution in [0.2, 0.25) is 0 Å². The standard InChI is InChI=1S/C8H17OS/c1-9-7-8-3-5-10(2)6-4-8/h8H,3-7H2,1-2H3/q+1. The Morgan fingerprint density at radius 2 is 2.00 bits per heavy atom. The fraction of sp³-hybridized carbons (Fsp3) is 1.00. The Morgan fingerprint density at radius 3 is 2.50 bits per heavy atom. The van der Waals surface area contributed by atoms with Crippen molar-refractivity contribution in [3.8, 4) is 0 Å². The lowest BCUT2D eigenvalue weighted by Crippen LogP contribution is -2.25. The predicted octanol–water partition coefficient (Wildman–Crippen LogP) is 1.29. The predicted molar refractivity (Wildman–Crippen MR) is 47.6 cm³/mol. The zero-order valence-corrected chi connectivity index (χ0v) is 7.75. The second-order valence-electron chi connectivity index (χ2n) is 3.09. The highest BCUT2D eigenvalue weighted by Gasteiger charge is 2.23. The molecule has 1 fully saturated rings. The van der Waals surface area contributed by atoms with Crippen LogP contribution in [-0.2, 0) is 15.6 Å². The second kappa shape index (κ2) is 4.24. The molecule has 0 aliphatic carbocycles. The molecule has 10 heavy (non-hydrogen) atoms. The van der Waals surface area contributed by atoms with Crippen LogP contribution in [0.15, 0.2) is 0 Å². The molecule has 0 amide bonds. The normalized spacial score (nSPS) is 34.2. The Balaban J connectivity index is 2.13. The van der Waals surface area contributed by atoms with Gasteiger partial charge in [-0.05, 0) is 29.7 Å². The largest absolute Gasteiger partial charge is 0.384 e. The molecule has 0 aromatic rings. The summed E-state index contributed by atoms with van der Waals surface area (Å²) < 4.78 is 5.12. The van der Waals surface area contributed by atoms with E-state index in [1.165, 1.54) is 24.3 Å². The first-order valence-corrected chi connectivity index (χ1v) is 5.88. The third-order valence-electron chi connectivity index (χ3n) is 2.15. The van der Waals surface area contributed by atoms with E-state index in [2.05, 4.69) is 6.26 Å². The van der Waals surface area contributed by atoms with Gasteiger partial charge in [-0.15, -0.1) is 0 Å². The number of hydrogen-bond donors (Lipinski definition) is 0. The van der Waals surface area contributed by atoms with Crippen LogP contribution in [0.1, 0.15) is 12.8 Å². The van der Waals surface area contributed by atoms with E-state index in [9.17, 15) is 0 Å². The molecule has 0 spiro atoms. The average Bonchev–Trinajstić information content (AvgIpc) is 1.95. The molecule has 0 aromatic heterocycles. The molecule has 1 aliphatic rings. The molecular weight excluding hydrogens is 144 g/mol. The molecule has 0 atom stereocenters. The van der Waals surface area contributed by atoms with Crippen LogP contribution < -0.4 is 0 Å². The van der Waals surface area contributed by atoms with Crippen LogP contribution in [0.3, 0.4) is 0 Å². The molecular formula is C8H17OS+. The summed E-state index contributed by atoms with van der Waals surface area (Å²) in [5.41, 5.74) is 0. The topological polar surface area (TPSA) is 9.23 Å². The second-order valence-corrected chi connectivity index (χ2v) is 5.47.